The average molecular weight is 261 g/mol. The molecule has 0 amide bonds. The van der Waals surface area contributed by atoms with Gasteiger partial charge in [0.1, 0.15) is 5.82 Å². The molecule has 0 atom stereocenters. The van der Waals surface area contributed by atoms with E-state index >= 15 is 0 Å². The van der Waals surface area contributed by atoms with E-state index in [0.29, 0.717) is 0 Å². The van der Waals surface area contributed by atoms with Crippen LogP contribution >= 0.6 is 0 Å². The number of nitrogens with zero attached hydrogens (tertiary/aromatic N) is 1. The van der Waals surface area contributed by atoms with E-state index in [1.807, 2.05) is 0 Å². The highest BCUT2D eigenvalue weighted by atomic mass is 19.3. The molecule has 1 aromatic carbocycles. The van der Waals surface area contributed by atoms with Crippen molar-refractivity contribution in [1.29, 1.82) is 0 Å². The lowest BCUT2D eigenvalue weighted by Crippen LogP contribution is -2.36. The first-order chi connectivity index (χ1) is 8.52. The number of hydrogen-bond acceptors (Lipinski definition) is 3. The van der Waals surface area contributed by atoms with Gasteiger partial charge in [-0.25, -0.2) is 13.2 Å². The molecule has 0 spiro atoms. The molecule has 0 aliphatic carbocycles. The lowest BCUT2D eigenvalue weighted by Gasteiger charge is -2.19. The molecule has 0 bridgehead atoms. The van der Waals surface area contributed by atoms with Crippen LogP contribution in [-0.2, 0) is 0 Å². The van der Waals surface area contributed by atoms with Gasteiger partial charge in [0.05, 0.1) is 19.7 Å². The van der Waals surface area contributed by atoms with Gasteiger partial charge in [-0.3, -0.25) is 9.69 Å². The summed E-state index contributed by atoms with van der Waals surface area (Å²) in [4.78, 5) is 12.9. The van der Waals surface area contributed by atoms with Crippen molar-refractivity contribution in [3.8, 4) is 0 Å². The van der Waals surface area contributed by atoms with Gasteiger partial charge in [-0.1, -0.05) is 12.1 Å². The van der Waals surface area contributed by atoms with Crippen molar-refractivity contribution >= 4 is 5.78 Å². The zero-order chi connectivity index (χ0) is 13.5. The SMILES string of the molecule is O=C(CN(CCO)CC(F)F)c1cccc(F)c1. The molecule has 3 nitrogen and oxygen atoms in total. The smallest absolute Gasteiger partial charge is 0.251 e. The van der Waals surface area contributed by atoms with Crippen LogP contribution < -0.4 is 0 Å². The Kier molecular flexibility index (Phi) is 5.80. The first-order valence-corrected chi connectivity index (χ1v) is 5.43. The van der Waals surface area contributed by atoms with Crippen LogP contribution in [0.2, 0.25) is 0 Å². The van der Waals surface area contributed by atoms with Crippen molar-refractivity contribution in [1.82, 2.24) is 4.90 Å². The molecule has 6 heteroatoms. The van der Waals surface area contributed by atoms with Gasteiger partial charge in [0.15, 0.2) is 5.78 Å². The van der Waals surface area contributed by atoms with Crippen LogP contribution in [0.4, 0.5) is 13.2 Å². The molecule has 1 rings (SSSR count). The van der Waals surface area contributed by atoms with E-state index in [0.717, 1.165) is 11.0 Å². The molecule has 1 N–H and O–H groups in total. The van der Waals surface area contributed by atoms with E-state index in [9.17, 15) is 18.0 Å². The summed E-state index contributed by atoms with van der Waals surface area (Å²) >= 11 is 0. The minimum absolute atomic E-state index is 0.0224. The summed E-state index contributed by atoms with van der Waals surface area (Å²) < 4.78 is 37.4. The fourth-order valence-electron chi connectivity index (χ4n) is 1.53. The van der Waals surface area contributed by atoms with Gasteiger partial charge in [0, 0.05) is 12.1 Å². The summed E-state index contributed by atoms with van der Waals surface area (Å²) in [7, 11) is 0. The molecule has 0 fully saturated rings. The topological polar surface area (TPSA) is 40.5 Å². The van der Waals surface area contributed by atoms with Crippen molar-refractivity contribution in [2.75, 3.05) is 26.2 Å². The molecule has 0 aromatic heterocycles. The van der Waals surface area contributed by atoms with Crippen molar-refractivity contribution < 1.29 is 23.1 Å². The van der Waals surface area contributed by atoms with Gasteiger partial charge in [-0.05, 0) is 12.1 Å². The molecule has 0 unspecified atom stereocenters. The second-order valence-corrected chi connectivity index (χ2v) is 3.78. The predicted molar refractivity (Wildman–Crippen MR) is 60.3 cm³/mol. The number of alkyl halides is 2. The van der Waals surface area contributed by atoms with E-state index in [2.05, 4.69) is 0 Å². The number of halogens is 3. The van der Waals surface area contributed by atoms with E-state index in [-0.39, 0.29) is 25.3 Å². The number of carbonyl (C=O) groups excluding carboxylic acids is 1. The fourth-order valence-corrected chi connectivity index (χ4v) is 1.53. The molecule has 0 saturated heterocycles. The van der Waals surface area contributed by atoms with Crippen LogP contribution in [0.15, 0.2) is 24.3 Å². The highest BCUT2D eigenvalue weighted by Gasteiger charge is 2.16. The summed E-state index contributed by atoms with van der Waals surface area (Å²) in [5, 5.41) is 8.72. The Balaban J connectivity index is 2.65. The summed E-state index contributed by atoms with van der Waals surface area (Å²) in [5.41, 5.74) is 0.132. The van der Waals surface area contributed by atoms with Gasteiger partial charge in [0.2, 0.25) is 0 Å². The van der Waals surface area contributed by atoms with Crippen molar-refractivity contribution in [2.45, 2.75) is 6.43 Å². The molecule has 0 heterocycles. The molecular weight excluding hydrogens is 247 g/mol. The Labute approximate surface area is 103 Å². The average Bonchev–Trinajstić information content (AvgIpc) is 2.28. The third-order valence-corrected chi connectivity index (χ3v) is 2.33. The minimum atomic E-state index is -2.59. The maximum Gasteiger partial charge on any atom is 0.251 e. The third kappa shape index (κ3) is 4.85. The molecule has 18 heavy (non-hydrogen) atoms. The van der Waals surface area contributed by atoms with Crippen LogP contribution in [0.25, 0.3) is 0 Å². The second-order valence-electron chi connectivity index (χ2n) is 3.78. The Morgan fingerprint density at radius 1 is 1.39 bits per heavy atom. The molecule has 0 aliphatic rings. The third-order valence-electron chi connectivity index (χ3n) is 2.33. The van der Waals surface area contributed by atoms with Gasteiger partial charge < -0.3 is 5.11 Å². The highest BCUT2D eigenvalue weighted by molar-refractivity contribution is 5.97. The van der Waals surface area contributed by atoms with Crippen molar-refractivity contribution in [2.24, 2.45) is 0 Å². The van der Waals surface area contributed by atoms with Gasteiger partial charge in [0.25, 0.3) is 6.43 Å². The molecule has 1 aromatic rings. The van der Waals surface area contributed by atoms with E-state index in [4.69, 9.17) is 5.11 Å². The first-order valence-electron chi connectivity index (χ1n) is 5.43. The Morgan fingerprint density at radius 3 is 2.67 bits per heavy atom. The van der Waals surface area contributed by atoms with Gasteiger partial charge >= 0.3 is 0 Å². The summed E-state index contributed by atoms with van der Waals surface area (Å²) in [6, 6.07) is 5.06. The van der Waals surface area contributed by atoms with Crippen LogP contribution in [-0.4, -0.2) is 48.5 Å². The number of aliphatic hydroxyl groups is 1. The van der Waals surface area contributed by atoms with Crippen LogP contribution in [0.3, 0.4) is 0 Å². The number of Topliss-reactive ketones (excluding diaryl/α,β-unsaturated/α-hetero) is 1. The lowest BCUT2D eigenvalue weighted by molar-refractivity contribution is 0.0689. The first kappa shape index (κ1) is 14.7. The van der Waals surface area contributed by atoms with Crippen LogP contribution in [0, 0.1) is 5.82 Å². The van der Waals surface area contributed by atoms with E-state index in [1.165, 1.54) is 18.2 Å². The lowest BCUT2D eigenvalue weighted by atomic mass is 10.1. The standard InChI is InChI=1S/C12H14F3NO2/c13-10-3-1-2-9(6-10)11(18)7-16(4-5-17)8-12(14)15/h1-3,6,12,17H,4-5,7-8H2. The molecule has 0 aliphatic heterocycles. The number of aliphatic hydroxyl groups excluding tert-OH is 1. The molecule has 0 saturated carbocycles. The van der Waals surface area contributed by atoms with Crippen molar-refractivity contribution in [3.63, 3.8) is 0 Å². The van der Waals surface area contributed by atoms with Gasteiger partial charge in [-0.15, -0.1) is 0 Å². The summed E-state index contributed by atoms with van der Waals surface area (Å²) in [6.07, 6.45) is -2.59. The summed E-state index contributed by atoms with van der Waals surface area (Å²) in [5.74, 6) is -1.01. The predicted octanol–water partition coefficient (Wildman–Crippen LogP) is 1.57. The van der Waals surface area contributed by atoms with E-state index < -0.39 is 24.6 Å². The number of rotatable bonds is 7. The van der Waals surface area contributed by atoms with Crippen LogP contribution in [0.5, 0.6) is 0 Å². The quantitative estimate of drug-likeness (QED) is 0.757. The van der Waals surface area contributed by atoms with E-state index in [1.54, 1.807) is 0 Å². The Morgan fingerprint density at radius 2 is 2.11 bits per heavy atom. The maximum absolute atomic E-state index is 12.9. The minimum Gasteiger partial charge on any atom is -0.395 e. The normalized spacial score (nSPS) is 11.2. The number of benzene rings is 1. The fraction of sp³-hybridized carbons (Fsp3) is 0.417. The maximum atomic E-state index is 12.9. The summed E-state index contributed by atoms with van der Waals surface area (Å²) in [6.45, 7) is -1.20. The Hall–Kier alpha value is -1.40. The number of carbonyl (C=O) groups is 1. The Bertz CT molecular complexity index is 399. The number of hydrogen-bond donors (Lipinski definition) is 1. The zero-order valence-electron chi connectivity index (χ0n) is 9.65. The van der Waals surface area contributed by atoms with Gasteiger partial charge in [-0.2, -0.15) is 0 Å². The van der Waals surface area contributed by atoms with Crippen molar-refractivity contribution in [3.05, 3.63) is 35.6 Å². The largest absolute Gasteiger partial charge is 0.395 e. The van der Waals surface area contributed by atoms with Crippen LogP contribution in [0.1, 0.15) is 10.4 Å². The molecule has 100 valence electrons. The zero-order valence-corrected chi connectivity index (χ0v) is 9.65. The monoisotopic (exact) mass is 261 g/mol. The molecule has 0 radical (unpaired) electrons. The highest BCUT2D eigenvalue weighted by Crippen LogP contribution is 2.06. The second kappa shape index (κ2) is 7.13. The molecular formula is C12H14F3NO2. The number of ketones is 1.